The van der Waals surface area contributed by atoms with E-state index in [1.54, 1.807) is 0 Å². The topological polar surface area (TPSA) is 46.3 Å². The zero-order valence-corrected chi connectivity index (χ0v) is 14.3. The number of hydrogen-bond donors (Lipinski definition) is 1. The summed E-state index contributed by atoms with van der Waals surface area (Å²) in [6, 6.07) is 6.04. The van der Waals surface area contributed by atoms with Crippen molar-refractivity contribution >= 4 is 34.2 Å². The van der Waals surface area contributed by atoms with Gasteiger partial charge in [-0.3, -0.25) is 4.79 Å². The predicted molar refractivity (Wildman–Crippen MR) is 88.5 cm³/mol. The third kappa shape index (κ3) is 3.74. The number of rotatable bonds is 2. The van der Waals surface area contributed by atoms with Crippen LogP contribution in [0, 0.1) is 6.92 Å². The minimum Gasteiger partial charge on any atom is -0.334 e. The summed E-state index contributed by atoms with van der Waals surface area (Å²) in [7, 11) is 0. The molecule has 1 amide bonds. The number of nitrogens with two attached hydrogens (primary N) is 1. The first-order valence-corrected chi connectivity index (χ1v) is 7.62. The van der Waals surface area contributed by atoms with E-state index in [1.807, 2.05) is 36.9 Å². The van der Waals surface area contributed by atoms with Crippen molar-refractivity contribution in [2.75, 3.05) is 6.54 Å². The van der Waals surface area contributed by atoms with Crippen molar-refractivity contribution in [3.63, 3.8) is 0 Å². The highest BCUT2D eigenvalue weighted by atomic mass is 79.9. The molecule has 5 heteroatoms. The van der Waals surface area contributed by atoms with E-state index in [4.69, 9.17) is 5.73 Å². The second-order valence-electron chi connectivity index (χ2n) is 5.38. The quantitative estimate of drug-likeness (QED) is 0.876. The van der Waals surface area contributed by atoms with Crippen LogP contribution in [0.2, 0.25) is 0 Å². The van der Waals surface area contributed by atoms with Crippen molar-refractivity contribution < 1.29 is 4.79 Å². The lowest BCUT2D eigenvalue weighted by molar-refractivity contribution is 0.0583. The smallest absolute Gasteiger partial charge is 0.254 e. The fourth-order valence-electron chi connectivity index (χ4n) is 2.74. The number of amides is 1. The molecule has 2 unspecified atom stereocenters. The van der Waals surface area contributed by atoms with Crippen molar-refractivity contribution in [3.05, 3.63) is 33.8 Å². The van der Waals surface area contributed by atoms with Crippen LogP contribution in [0.5, 0.6) is 0 Å². The summed E-state index contributed by atoms with van der Waals surface area (Å²) in [4.78, 5) is 14.7. The number of hydrogen-bond acceptors (Lipinski definition) is 2. The Bertz CT molecular complexity index is 479. The van der Waals surface area contributed by atoms with Gasteiger partial charge >= 0.3 is 0 Å². The summed E-state index contributed by atoms with van der Waals surface area (Å²) in [5, 5.41) is 0. The van der Waals surface area contributed by atoms with E-state index in [-0.39, 0.29) is 30.4 Å². The van der Waals surface area contributed by atoms with Crippen molar-refractivity contribution in [2.24, 2.45) is 5.73 Å². The van der Waals surface area contributed by atoms with Crippen molar-refractivity contribution in [2.45, 2.75) is 45.2 Å². The molecular weight excluding hydrogens is 340 g/mol. The van der Waals surface area contributed by atoms with Crippen LogP contribution in [0.3, 0.4) is 0 Å². The van der Waals surface area contributed by atoms with Crippen molar-refractivity contribution in [3.8, 4) is 0 Å². The first-order valence-electron chi connectivity index (χ1n) is 6.83. The van der Waals surface area contributed by atoms with Gasteiger partial charge in [0.15, 0.2) is 0 Å². The van der Waals surface area contributed by atoms with E-state index < -0.39 is 0 Å². The normalized spacial score (nSPS) is 20.2. The lowest BCUT2D eigenvalue weighted by atomic mass is 9.95. The van der Waals surface area contributed by atoms with Gasteiger partial charge in [0, 0.05) is 28.7 Å². The lowest BCUT2D eigenvalue weighted by Gasteiger charge is -2.38. The molecule has 3 nitrogen and oxygen atoms in total. The van der Waals surface area contributed by atoms with Gasteiger partial charge in [0.2, 0.25) is 0 Å². The Labute approximate surface area is 135 Å². The molecule has 0 aliphatic carbocycles. The molecule has 0 spiro atoms. The molecule has 1 aliphatic rings. The van der Waals surface area contributed by atoms with Gasteiger partial charge in [-0.05, 0) is 50.8 Å². The van der Waals surface area contributed by atoms with Gasteiger partial charge in [0.05, 0.1) is 0 Å². The summed E-state index contributed by atoms with van der Waals surface area (Å²) < 4.78 is 0.941. The van der Waals surface area contributed by atoms with Crippen molar-refractivity contribution in [1.29, 1.82) is 0 Å². The first-order chi connectivity index (χ1) is 9.00. The van der Waals surface area contributed by atoms with Crippen LogP contribution in [-0.2, 0) is 0 Å². The maximum atomic E-state index is 12.7. The van der Waals surface area contributed by atoms with Crippen LogP contribution in [0.4, 0.5) is 0 Å². The van der Waals surface area contributed by atoms with Gasteiger partial charge in [-0.15, -0.1) is 12.4 Å². The second kappa shape index (κ2) is 7.43. The minimum atomic E-state index is 0. The summed E-state index contributed by atoms with van der Waals surface area (Å²) in [6.07, 6.45) is 3.24. The summed E-state index contributed by atoms with van der Waals surface area (Å²) in [5.74, 6) is 0.112. The molecular formula is C15H22BrClN2O. The molecule has 2 atom stereocenters. The molecule has 2 N–H and O–H groups in total. The molecule has 0 radical (unpaired) electrons. The summed E-state index contributed by atoms with van der Waals surface area (Å²) in [5.41, 5.74) is 7.83. The first kappa shape index (κ1) is 17.5. The third-order valence-corrected chi connectivity index (χ3v) is 4.34. The number of nitrogens with zero attached hydrogens (tertiary/aromatic N) is 1. The van der Waals surface area contributed by atoms with E-state index in [0.29, 0.717) is 0 Å². The molecule has 112 valence electrons. The van der Waals surface area contributed by atoms with Crippen LogP contribution in [-0.4, -0.2) is 29.4 Å². The summed E-state index contributed by atoms with van der Waals surface area (Å²) >= 11 is 3.44. The van der Waals surface area contributed by atoms with Gasteiger partial charge in [-0.1, -0.05) is 22.0 Å². The Morgan fingerprint density at radius 2 is 2.15 bits per heavy atom. The van der Waals surface area contributed by atoms with E-state index in [2.05, 4.69) is 15.9 Å². The van der Waals surface area contributed by atoms with Crippen molar-refractivity contribution in [1.82, 2.24) is 4.90 Å². The van der Waals surface area contributed by atoms with Crippen LogP contribution in [0.25, 0.3) is 0 Å². The number of aryl methyl sites for hydroxylation is 1. The molecule has 1 aromatic carbocycles. The lowest BCUT2D eigenvalue weighted by Crippen LogP contribution is -2.51. The second-order valence-corrected chi connectivity index (χ2v) is 6.30. The number of piperidine rings is 1. The molecule has 0 bridgehead atoms. The fourth-order valence-corrected chi connectivity index (χ4v) is 3.10. The molecule has 1 fully saturated rings. The monoisotopic (exact) mass is 360 g/mol. The third-order valence-electron chi connectivity index (χ3n) is 3.85. The highest BCUT2D eigenvalue weighted by Crippen LogP contribution is 2.24. The Balaban J connectivity index is 0.00000200. The van der Waals surface area contributed by atoms with Gasteiger partial charge in [0.25, 0.3) is 5.91 Å². The van der Waals surface area contributed by atoms with Crippen LogP contribution >= 0.6 is 28.3 Å². The Hall–Kier alpha value is -0.580. The molecule has 1 aromatic rings. The molecule has 20 heavy (non-hydrogen) atoms. The zero-order chi connectivity index (χ0) is 14.0. The Morgan fingerprint density at radius 3 is 2.80 bits per heavy atom. The molecule has 1 saturated heterocycles. The van der Waals surface area contributed by atoms with E-state index in [9.17, 15) is 4.79 Å². The molecule has 1 heterocycles. The van der Waals surface area contributed by atoms with E-state index in [0.717, 1.165) is 41.4 Å². The largest absolute Gasteiger partial charge is 0.334 e. The maximum Gasteiger partial charge on any atom is 0.254 e. The SMILES string of the molecule is Cc1ccc(Br)cc1C(=O)N1CCCCC1C(C)N.Cl. The van der Waals surface area contributed by atoms with Gasteiger partial charge in [-0.25, -0.2) is 0 Å². The van der Waals surface area contributed by atoms with Gasteiger partial charge < -0.3 is 10.6 Å². The number of halogens is 2. The highest BCUT2D eigenvalue weighted by molar-refractivity contribution is 9.10. The standard InChI is InChI=1S/C15H21BrN2O.ClH/c1-10-6-7-12(16)9-13(10)15(19)18-8-4-3-5-14(18)11(2)17;/h6-7,9,11,14H,3-5,8,17H2,1-2H3;1H. The zero-order valence-electron chi connectivity index (χ0n) is 11.9. The number of likely N-dealkylation sites (tertiary alicyclic amines) is 1. The fraction of sp³-hybridized carbons (Fsp3) is 0.533. The van der Waals surface area contributed by atoms with Gasteiger partial charge in [-0.2, -0.15) is 0 Å². The van der Waals surface area contributed by atoms with Crippen LogP contribution in [0.15, 0.2) is 22.7 Å². The maximum absolute atomic E-state index is 12.7. The number of benzene rings is 1. The predicted octanol–water partition coefficient (Wildman–Crippen LogP) is 3.52. The van der Waals surface area contributed by atoms with Crippen LogP contribution in [0.1, 0.15) is 42.1 Å². The molecule has 0 aromatic heterocycles. The van der Waals surface area contributed by atoms with E-state index in [1.165, 1.54) is 0 Å². The Kier molecular flexibility index (Phi) is 6.49. The molecule has 2 rings (SSSR count). The van der Waals surface area contributed by atoms with Crippen LogP contribution < -0.4 is 5.73 Å². The van der Waals surface area contributed by atoms with E-state index >= 15 is 0 Å². The van der Waals surface area contributed by atoms with Gasteiger partial charge in [0.1, 0.15) is 0 Å². The average molecular weight is 362 g/mol. The Morgan fingerprint density at radius 1 is 1.45 bits per heavy atom. The molecule has 0 saturated carbocycles. The highest BCUT2D eigenvalue weighted by Gasteiger charge is 2.30. The number of carbonyl (C=O) groups is 1. The number of carbonyl (C=O) groups excluding carboxylic acids is 1. The summed E-state index contributed by atoms with van der Waals surface area (Å²) in [6.45, 7) is 4.78. The molecule has 1 aliphatic heterocycles. The average Bonchev–Trinajstić information content (AvgIpc) is 2.40. The minimum absolute atomic E-state index is 0.